The van der Waals surface area contributed by atoms with Crippen LogP contribution < -0.4 is 5.56 Å². The van der Waals surface area contributed by atoms with Crippen molar-refractivity contribution in [1.82, 2.24) is 29.7 Å². The Morgan fingerprint density at radius 2 is 1.82 bits per heavy atom. The number of nitrogens with one attached hydrogen (secondary N) is 1. The number of aromatic nitrogens is 5. The molecule has 4 heterocycles. The third-order valence-electron chi connectivity index (χ3n) is 6.38. The van der Waals surface area contributed by atoms with Crippen molar-refractivity contribution in [2.75, 3.05) is 6.54 Å². The van der Waals surface area contributed by atoms with Crippen LogP contribution in [-0.4, -0.2) is 47.9 Å². The first-order chi connectivity index (χ1) is 18.3. The molecule has 1 aromatic carbocycles. The number of carbonyl (C=O) groups is 1. The number of hydrogen-bond acceptors (Lipinski definition) is 7. The molecule has 13 heteroatoms. The molecule has 1 aliphatic rings. The van der Waals surface area contributed by atoms with E-state index in [0.29, 0.717) is 13.0 Å². The predicted molar refractivity (Wildman–Crippen MR) is 134 cm³/mol. The number of alkyl halides is 3. The lowest BCUT2D eigenvalue weighted by molar-refractivity contribution is -0.140. The van der Waals surface area contributed by atoms with Gasteiger partial charge in [0.15, 0.2) is 5.65 Å². The molecule has 3 aromatic heterocycles. The van der Waals surface area contributed by atoms with Crippen LogP contribution in [0.5, 0.6) is 0 Å². The molecule has 0 spiro atoms. The van der Waals surface area contributed by atoms with Crippen molar-refractivity contribution in [3.05, 3.63) is 58.0 Å². The Bertz CT molecular complexity index is 1580. The summed E-state index contributed by atoms with van der Waals surface area (Å²) < 4.78 is 54.1. The number of likely N-dealkylation sites (tertiary alicyclic amines) is 1. The van der Waals surface area contributed by atoms with Crippen LogP contribution >= 0.6 is 0 Å². The van der Waals surface area contributed by atoms with Gasteiger partial charge in [-0.3, -0.25) is 14.8 Å². The van der Waals surface area contributed by atoms with E-state index in [4.69, 9.17) is 9.15 Å². The zero-order valence-electron chi connectivity index (χ0n) is 21.8. The molecule has 1 fully saturated rings. The first-order valence-corrected chi connectivity index (χ1v) is 12.5. The fourth-order valence-electron chi connectivity index (χ4n) is 4.71. The van der Waals surface area contributed by atoms with Gasteiger partial charge in [-0.15, -0.1) is 10.2 Å². The minimum Gasteiger partial charge on any atom is -0.444 e. The van der Waals surface area contributed by atoms with E-state index < -0.39 is 35.2 Å². The number of piperidine rings is 1. The molecule has 4 aromatic rings. The predicted octanol–water partition coefficient (Wildman–Crippen LogP) is 5.53. The van der Waals surface area contributed by atoms with Crippen LogP contribution in [0.2, 0.25) is 0 Å². The number of benzene rings is 1. The Kier molecular flexibility index (Phi) is 6.47. The molecular weight excluding hydrogens is 517 g/mol. The third-order valence-corrected chi connectivity index (χ3v) is 6.38. The van der Waals surface area contributed by atoms with Gasteiger partial charge < -0.3 is 9.15 Å². The highest BCUT2D eigenvalue weighted by atomic mass is 19.4. The number of ether oxygens (including phenoxy) is 1. The number of hydrogen-bond donors (Lipinski definition) is 1. The molecule has 1 N–H and O–H groups in total. The molecular formula is C26H27F3N6O4. The van der Waals surface area contributed by atoms with Crippen molar-refractivity contribution in [2.45, 2.75) is 64.8 Å². The number of carbonyl (C=O) groups excluding carboxylic acids is 1. The fourth-order valence-corrected chi connectivity index (χ4v) is 4.71. The minimum atomic E-state index is -4.77. The van der Waals surface area contributed by atoms with Crippen molar-refractivity contribution in [3.8, 4) is 22.6 Å². The quantitative estimate of drug-likeness (QED) is 0.360. The summed E-state index contributed by atoms with van der Waals surface area (Å²) in [5, 5.41) is 10.3. The van der Waals surface area contributed by atoms with Crippen LogP contribution in [0.1, 0.15) is 63.4 Å². The maximum absolute atomic E-state index is 14.0. The maximum Gasteiger partial charge on any atom is 0.433 e. The van der Waals surface area contributed by atoms with Gasteiger partial charge in [-0.05, 0) is 52.5 Å². The molecule has 39 heavy (non-hydrogen) atoms. The number of H-pyrrole nitrogens is 1. The van der Waals surface area contributed by atoms with E-state index >= 15 is 0 Å². The second-order valence-corrected chi connectivity index (χ2v) is 10.4. The van der Waals surface area contributed by atoms with Gasteiger partial charge >= 0.3 is 12.3 Å². The van der Waals surface area contributed by atoms with Crippen LogP contribution in [0.3, 0.4) is 0 Å². The second kappa shape index (κ2) is 9.54. The van der Waals surface area contributed by atoms with Crippen molar-refractivity contribution in [3.63, 3.8) is 0 Å². The molecule has 1 aliphatic heterocycles. The van der Waals surface area contributed by atoms with Gasteiger partial charge in [0.05, 0.1) is 11.3 Å². The highest BCUT2D eigenvalue weighted by molar-refractivity contribution is 5.81. The van der Waals surface area contributed by atoms with Gasteiger partial charge in [0, 0.05) is 6.54 Å². The largest absolute Gasteiger partial charge is 0.444 e. The number of aromatic amines is 1. The van der Waals surface area contributed by atoms with E-state index in [1.807, 2.05) is 0 Å². The molecule has 206 valence electrons. The Labute approximate surface area is 220 Å². The SMILES string of the molecule is Cc1nc2c(-c3ccccc3)c(C(F)(F)F)[nH]n2c(=O)c1-c1nnc(C2CCCCN2C(=O)OC(C)(C)C)o1. The van der Waals surface area contributed by atoms with Crippen LogP contribution in [-0.2, 0) is 10.9 Å². The monoisotopic (exact) mass is 544 g/mol. The summed E-state index contributed by atoms with van der Waals surface area (Å²) in [6.45, 7) is 7.22. The minimum absolute atomic E-state index is 0.104. The van der Waals surface area contributed by atoms with E-state index in [9.17, 15) is 22.8 Å². The topological polar surface area (TPSA) is 119 Å². The molecule has 0 radical (unpaired) electrons. The molecule has 10 nitrogen and oxygen atoms in total. The van der Waals surface area contributed by atoms with Crippen LogP contribution in [0.25, 0.3) is 28.2 Å². The van der Waals surface area contributed by atoms with E-state index in [0.717, 1.165) is 17.4 Å². The number of amides is 1. The Balaban J connectivity index is 1.59. The lowest BCUT2D eigenvalue weighted by Crippen LogP contribution is -2.42. The zero-order valence-corrected chi connectivity index (χ0v) is 21.8. The van der Waals surface area contributed by atoms with Crippen molar-refractivity contribution in [2.24, 2.45) is 0 Å². The van der Waals surface area contributed by atoms with Crippen LogP contribution in [0, 0.1) is 6.92 Å². The number of halogens is 3. The molecule has 1 unspecified atom stereocenters. The highest BCUT2D eigenvalue weighted by Crippen LogP contribution is 2.39. The van der Waals surface area contributed by atoms with E-state index in [-0.39, 0.29) is 39.8 Å². The Hall–Kier alpha value is -4.16. The summed E-state index contributed by atoms with van der Waals surface area (Å²) >= 11 is 0. The standard InChI is InChI=1S/C26H27F3N6O4/c1-14-17(22-32-31-21(38-22)16-12-8-9-13-34(16)24(37)39-25(2,3)4)23(36)35-20(30-14)18(15-10-6-5-7-11-15)19(33-35)26(27,28)29/h5-7,10-11,16,33H,8-9,12-13H2,1-4H3. The highest BCUT2D eigenvalue weighted by Gasteiger charge is 2.39. The lowest BCUT2D eigenvalue weighted by atomic mass is 10.0. The molecule has 0 aliphatic carbocycles. The van der Waals surface area contributed by atoms with Gasteiger partial charge in [-0.1, -0.05) is 30.3 Å². The first kappa shape index (κ1) is 26.4. The van der Waals surface area contributed by atoms with Crippen molar-refractivity contribution < 1.29 is 27.1 Å². The second-order valence-electron chi connectivity index (χ2n) is 10.4. The van der Waals surface area contributed by atoms with Gasteiger partial charge in [-0.25, -0.2) is 9.78 Å². The fraction of sp³-hybridized carbons (Fsp3) is 0.423. The first-order valence-electron chi connectivity index (χ1n) is 12.5. The molecule has 5 rings (SSSR count). The molecule has 0 saturated carbocycles. The van der Waals surface area contributed by atoms with Crippen LogP contribution in [0.4, 0.5) is 18.0 Å². The molecule has 0 bridgehead atoms. The van der Waals surface area contributed by atoms with Crippen molar-refractivity contribution in [1.29, 1.82) is 0 Å². The average Bonchev–Trinajstić information content (AvgIpc) is 3.49. The number of rotatable bonds is 3. The summed E-state index contributed by atoms with van der Waals surface area (Å²) in [6.07, 6.45) is -3.17. The van der Waals surface area contributed by atoms with Gasteiger partial charge in [0.25, 0.3) is 11.4 Å². The summed E-state index contributed by atoms with van der Waals surface area (Å²) in [5.74, 6) is -0.0968. The summed E-state index contributed by atoms with van der Waals surface area (Å²) in [6, 6.07) is 7.34. The molecule has 1 saturated heterocycles. The van der Waals surface area contributed by atoms with E-state index in [1.165, 1.54) is 24.0 Å². The number of nitrogens with zero attached hydrogens (tertiary/aromatic N) is 5. The summed E-state index contributed by atoms with van der Waals surface area (Å²) in [5.41, 5.74) is -2.81. The summed E-state index contributed by atoms with van der Waals surface area (Å²) in [7, 11) is 0. The van der Waals surface area contributed by atoms with Crippen molar-refractivity contribution >= 4 is 11.7 Å². The summed E-state index contributed by atoms with van der Waals surface area (Å²) in [4.78, 5) is 32.2. The molecule has 1 amide bonds. The zero-order chi connectivity index (χ0) is 28.1. The molecule has 1 atom stereocenters. The third kappa shape index (κ3) is 5.00. The average molecular weight is 545 g/mol. The van der Waals surface area contributed by atoms with Crippen LogP contribution in [0.15, 0.2) is 39.5 Å². The Morgan fingerprint density at radius 1 is 1.10 bits per heavy atom. The smallest absolute Gasteiger partial charge is 0.433 e. The Morgan fingerprint density at radius 3 is 2.49 bits per heavy atom. The van der Waals surface area contributed by atoms with E-state index in [1.54, 1.807) is 39.0 Å². The number of aryl methyl sites for hydroxylation is 1. The van der Waals surface area contributed by atoms with Gasteiger partial charge in [0.1, 0.15) is 22.9 Å². The normalized spacial score (nSPS) is 16.6. The van der Waals surface area contributed by atoms with Gasteiger partial charge in [-0.2, -0.15) is 17.7 Å². The van der Waals surface area contributed by atoms with Gasteiger partial charge in [0.2, 0.25) is 5.89 Å². The lowest BCUT2D eigenvalue weighted by Gasteiger charge is -2.34. The maximum atomic E-state index is 14.0. The number of fused-ring (bicyclic) bond motifs is 1. The van der Waals surface area contributed by atoms with E-state index in [2.05, 4.69) is 20.3 Å².